The van der Waals surface area contributed by atoms with Crippen LogP contribution in [0.4, 0.5) is 0 Å². The number of nitrogens with zero attached hydrogens (tertiary/aromatic N) is 1. The maximum Gasteiger partial charge on any atom is 0.0931 e. The average molecular weight is 224 g/mol. The van der Waals surface area contributed by atoms with E-state index in [4.69, 9.17) is 4.98 Å². The fourth-order valence-electron chi connectivity index (χ4n) is 2.13. The van der Waals surface area contributed by atoms with Crippen LogP contribution in [0.5, 0.6) is 0 Å². The Hall–Kier alpha value is -0.410. The summed E-state index contributed by atoms with van der Waals surface area (Å²) in [7, 11) is 0. The van der Waals surface area contributed by atoms with E-state index in [0.717, 1.165) is 19.4 Å². The molecule has 1 aliphatic heterocycles. The third kappa shape index (κ3) is 2.23. The highest BCUT2D eigenvalue weighted by atomic mass is 32.1. The van der Waals surface area contributed by atoms with Gasteiger partial charge in [0.15, 0.2) is 0 Å². The standard InChI is InChI=1S/C12H20N2S/c1-4-5-10-14-9-6-7-13-11(8(2)3)12(9)15-10/h8,11,13H,4-7H2,1-3H3/t11-/m1/s1. The molecule has 2 rings (SSSR count). The van der Waals surface area contributed by atoms with Crippen LogP contribution < -0.4 is 5.32 Å². The first-order chi connectivity index (χ1) is 7.22. The molecule has 1 aromatic rings. The lowest BCUT2D eigenvalue weighted by Gasteiger charge is -2.26. The lowest BCUT2D eigenvalue weighted by atomic mass is 9.98. The lowest BCUT2D eigenvalue weighted by molar-refractivity contribution is 0.399. The van der Waals surface area contributed by atoms with Crippen molar-refractivity contribution in [1.29, 1.82) is 0 Å². The molecule has 2 nitrogen and oxygen atoms in total. The minimum absolute atomic E-state index is 0.539. The smallest absolute Gasteiger partial charge is 0.0931 e. The summed E-state index contributed by atoms with van der Waals surface area (Å²) in [6.45, 7) is 7.88. The number of aromatic nitrogens is 1. The van der Waals surface area contributed by atoms with Crippen LogP contribution in [0.25, 0.3) is 0 Å². The minimum atomic E-state index is 0.539. The molecular weight excluding hydrogens is 204 g/mol. The molecule has 0 radical (unpaired) electrons. The van der Waals surface area contributed by atoms with E-state index >= 15 is 0 Å². The Morgan fingerprint density at radius 2 is 2.33 bits per heavy atom. The van der Waals surface area contributed by atoms with E-state index in [9.17, 15) is 0 Å². The Balaban J connectivity index is 2.26. The number of nitrogens with one attached hydrogen (secondary N) is 1. The van der Waals surface area contributed by atoms with Gasteiger partial charge in [-0.1, -0.05) is 20.8 Å². The van der Waals surface area contributed by atoms with Gasteiger partial charge in [-0.2, -0.15) is 0 Å². The van der Waals surface area contributed by atoms with Gasteiger partial charge in [0, 0.05) is 23.9 Å². The molecule has 15 heavy (non-hydrogen) atoms. The molecule has 0 saturated carbocycles. The van der Waals surface area contributed by atoms with Gasteiger partial charge in [-0.25, -0.2) is 4.98 Å². The van der Waals surface area contributed by atoms with E-state index in [1.807, 2.05) is 11.3 Å². The van der Waals surface area contributed by atoms with E-state index in [1.165, 1.54) is 22.0 Å². The van der Waals surface area contributed by atoms with Crippen molar-refractivity contribution in [3.05, 3.63) is 15.6 Å². The predicted octanol–water partition coefficient (Wildman–Crippen LogP) is 2.94. The first-order valence-corrected chi connectivity index (χ1v) is 6.76. The molecule has 3 heteroatoms. The molecule has 1 aliphatic rings. The first kappa shape index (κ1) is 11.1. The summed E-state index contributed by atoms with van der Waals surface area (Å²) in [5, 5.41) is 4.93. The zero-order chi connectivity index (χ0) is 10.8. The summed E-state index contributed by atoms with van der Waals surface area (Å²) in [6.07, 6.45) is 3.45. The first-order valence-electron chi connectivity index (χ1n) is 5.94. The normalized spacial score (nSPS) is 20.7. The second kappa shape index (κ2) is 4.62. The van der Waals surface area contributed by atoms with Crippen LogP contribution in [0.1, 0.15) is 48.8 Å². The van der Waals surface area contributed by atoms with Gasteiger partial charge < -0.3 is 5.32 Å². The topological polar surface area (TPSA) is 24.9 Å². The van der Waals surface area contributed by atoms with E-state index in [1.54, 1.807) is 0 Å². The van der Waals surface area contributed by atoms with Gasteiger partial charge in [-0.15, -0.1) is 11.3 Å². The van der Waals surface area contributed by atoms with Gasteiger partial charge >= 0.3 is 0 Å². The molecule has 0 unspecified atom stereocenters. The lowest BCUT2D eigenvalue weighted by Crippen LogP contribution is -2.32. The Morgan fingerprint density at radius 3 is 3.00 bits per heavy atom. The maximum absolute atomic E-state index is 4.75. The van der Waals surface area contributed by atoms with E-state index in [-0.39, 0.29) is 0 Å². The van der Waals surface area contributed by atoms with E-state index in [2.05, 4.69) is 26.1 Å². The summed E-state index contributed by atoms with van der Waals surface area (Å²) in [6, 6.07) is 0.539. The van der Waals surface area contributed by atoms with E-state index in [0.29, 0.717) is 12.0 Å². The van der Waals surface area contributed by atoms with Crippen LogP contribution in [-0.4, -0.2) is 11.5 Å². The Kier molecular flexibility index (Phi) is 3.42. The van der Waals surface area contributed by atoms with Crippen molar-refractivity contribution in [2.45, 2.75) is 46.1 Å². The molecule has 0 amide bonds. The maximum atomic E-state index is 4.75. The number of rotatable bonds is 3. The van der Waals surface area contributed by atoms with Crippen LogP contribution in [0.3, 0.4) is 0 Å². The minimum Gasteiger partial charge on any atom is -0.309 e. The van der Waals surface area contributed by atoms with Crippen molar-refractivity contribution in [1.82, 2.24) is 10.3 Å². The molecule has 1 atom stereocenters. The molecule has 0 spiro atoms. The fraction of sp³-hybridized carbons (Fsp3) is 0.750. The fourth-order valence-corrected chi connectivity index (χ4v) is 3.60. The third-order valence-corrected chi connectivity index (χ3v) is 4.15. The largest absolute Gasteiger partial charge is 0.309 e. The van der Waals surface area contributed by atoms with Crippen molar-refractivity contribution in [2.24, 2.45) is 5.92 Å². The number of thiazole rings is 1. The monoisotopic (exact) mass is 224 g/mol. The molecule has 0 aliphatic carbocycles. The molecule has 1 aromatic heterocycles. The van der Waals surface area contributed by atoms with Gasteiger partial charge in [0.2, 0.25) is 0 Å². The molecule has 0 saturated heterocycles. The molecule has 0 fully saturated rings. The molecule has 1 N–H and O–H groups in total. The summed E-state index contributed by atoms with van der Waals surface area (Å²) in [4.78, 5) is 6.25. The zero-order valence-corrected chi connectivity index (χ0v) is 10.7. The molecular formula is C12H20N2S. The number of hydrogen-bond donors (Lipinski definition) is 1. The highest BCUT2D eigenvalue weighted by Crippen LogP contribution is 2.33. The van der Waals surface area contributed by atoms with Crippen molar-refractivity contribution in [3.8, 4) is 0 Å². The van der Waals surface area contributed by atoms with Crippen LogP contribution >= 0.6 is 11.3 Å². The molecule has 84 valence electrons. The van der Waals surface area contributed by atoms with Crippen LogP contribution in [-0.2, 0) is 12.8 Å². The summed E-state index contributed by atoms with van der Waals surface area (Å²) in [5.74, 6) is 0.666. The van der Waals surface area contributed by atoms with Gasteiger partial charge in [-0.05, 0) is 18.8 Å². The van der Waals surface area contributed by atoms with Gasteiger partial charge in [0.05, 0.1) is 10.7 Å². The van der Waals surface area contributed by atoms with Crippen molar-refractivity contribution >= 4 is 11.3 Å². The van der Waals surface area contributed by atoms with Crippen LogP contribution in [0, 0.1) is 5.92 Å². The van der Waals surface area contributed by atoms with Crippen molar-refractivity contribution in [2.75, 3.05) is 6.54 Å². The predicted molar refractivity (Wildman–Crippen MR) is 65.4 cm³/mol. The Labute approximate surface area is 96.1 Å². The summed E-state index contributed by atoms with van der Waals surface area (Å²) >= 11 is 1.92. The Bertz CT molecular complexity index is 330. The quantitative estimate of drug-likeness (QED) is 0.854. The number of aryl methyl sites for hydroxylation is 1. The third-order valence-electron chi connectivity index (χ3n) is 2.91. The number of hydrogen-bond acceptors (Lipinski definition) is 3. The second-order valence-electron chi connectivity index (χ2n) is 4.59. The molecule has 2 heterocycles. The second-order valence-corrected chi connectivity index (χ2v) is 5.71. The van der Waals surface area contributed by atoms with E-state index < -0.39 is 0 Å². The number of fused-ring (bicyclic) bond motifs is 1. The molecule has 0 bridgehead atoms. The van der Waals surface area contributed by atoms with Gasteiger partial charge in [0.25, 0.3) is 0 Å². The highest BCUT2D eigenvalue weighted by Gasteiger charge is 2.25. The van der Waals surface area contributed by atoms with Crippen molar-refractivity contribution in [3.63, 3.8) is 0 Å². The highest BCUT2D eigenvalue weighted by molar-refractivity contribution is 7.11. The molecule has 0 aromatic carbocycles. The van der Waals surface area contributed by atoms with Crippen molar-refractivity contribution < 1.29 is 0 Å². The SMILES string of the molecule is CCCc1nc2c(s1)[C@@H](C(C)C)NCC2. The van der Waals surface area contributed by atoms with Crippen LogP contribution in [0.2, 0.25) is 0 Å². The van der Waals surface area contributed by atoms with Gasteiger partial charge in [-0.3, -0.25) is 0 Å². The summed E-state index contributed by atoms with van der Waals surface area (Å²) in [5.41, 5.74) is 1.36. The van der Waals surface area contributed by atoms with Gasteiger partial charge in [0.1, 0.15) is 0 Å². The van der Waals surface area contributed by atoms with Crippen LogP contribution in [0.15, 0.2) is 0 Å². The Morgan fingerprint density at radius 1 is 1.53 bits per heavy atom. The average Bonchev–Trinajstić information content (AvgIpc) is 2.59. The zero-order valence-electron chi connectivity index (χ0n) is 9.84. The summed E-state index contributed by atoms with van der Waals surface area (Å²) < 4.78 is 0.